The lowest BCUT2D eigenvalue weighted by molar-refractivity contribution is 0.0524. The summed E-state index contributed by atoms with van der Waals surface area (Å²) < 4.78 is 6.76. The van der Waals surface area contributed by atoms with E-state index in [0.29, 0.717) is 22.8 Å². The van der Waals surface area contributed by atoms with Crippen LogP contribution in [-0.2, 0) is 4.74 Å². The van der Waals surface area contributed by atoms with Crippen molar-refractivity contribution in [3.05, 3.63) is 58.6 Å². The predicted octanol–water partition coefficient (Wildman–Crippen LogP) is 1.71. The van der Waals surface area contributed by atoms with Gasteiger partial charge in [0, 0.05) is 31.5 Å². The Balaban J connectivity index is 1.73. The molecule has 0 aromatic carbocycles. The largest absolute Gasteiger partial charge is 0.462 e. The van der Waals surface area contributed by atoms with Crippen LogP contribution in [0, 0.1) is 0 Å². The first kappa shape index (κ1) is 19.1. The number of likely N-dealkylation sites (N-methyl/N-ethyl adjacent to an activating group) is 1. The smallest absolute Gasteiger partial charge is 0.343 e. The molecule has 0 aliphatic carbocycles. The van der Waals surface area contributed by atoms with Crippen LogP contribution in [0.15, 0.2) is 47.7 Å². The van der Waals surface area contributed by atoms with E-state index in [1.165, 1.54) is 6.20 Å². The van der Waals surface area contributed by atoms with Gasteiger partial charge in [-0.25, -0.2) is 14.8 Å². The minimum Gasteiger partial charge on any atom is -0.462 e. The van der Waals surface area contributed by atoms with Crippen LogP contribution in [0.1, 0.15) is 17.3 Å². The van der Waals surface area contributed by atoms with Gasteiger partial charge in [0.15, 0.2) is 0 Å². The number of anilines is 1. The molecule has 0 unspecified atom stereocenters. The van der Waals surface area contributed by atoms with Gasteiger partial charge in [0.1, 0.15) is 17.0 Å². The molecule has 29 heavy (non-hydrogen) atoms. The molecule has 0 amide bonds. The molecule has 3 aromatic rings. The first-order valence-electron chi connectivity index (χ1n) is 9.55. The van der Waals surface area contributed by atoms with E-state index in [1.54, 1.807) is 36.0 Å². The van der Waals surface area contributed by atoms with E-state index in [-0.39, 0.29) is 17.6 Å². The fraction of sp³-hybridized carbons (Fsp3) is 0.333. The number of pyridine rings is 3. The second-order valence-electron chi connectivity index (χ2n) is 7.23. The lowest BCUT2D eigenvalue weighted by Crippen LogP contribution is -2.57. The lowest BCUT2D eigenvalue weighted by Gasteiger charge is -2.43. The molecule has 1 aliphatic heterocycles. The zero-order chi connectivity index (χ0) is 20.5. The number of carbonyl (C=O) groups is 1. The van der Waals surface area contributed by atoms with Gasteiger partial charge < -0.3 is 14.5 Å². The third-order valence-electron chi connectivity index (χ3n) is 5.18. The van der Waals surface area contributed by atoms with Crippen molar-refractivity contribution in [2.24, 2.45) is 0 Å². The summed E-state index contributed by atoms with van der Waals surface area (Å²) in [4.78, 5) is 38.3. The van der Waals surface area contributed by atoms with E-state index < -0.39 is 5.97 Å². The molecule has 150 valence electrons. The van der Waals surface area contributed by atoms with Gasteiger partial charge in [0.25, 0.3) is 0 Å². The topological polar surface area (TPSA) is 80.6 Å². The van der Waals surface area contributed by atoms with Crippen LogP contribution in [-0.4, -0.2) is 65.2 Å². The van der Waals surface area contributed by atoms with Crippen molar-refractivity contribution in [3.63, 3.8) is 0 Å². The monoisotopic (exact) mass is 393 g/mol. The molecule has 4 rings (SSSR count). The Kier molecular flexibility index (Phi) is 5.02. The van der Waals surface area contributed by atoms with E-state index >= 15 is 0 Å². The predicted molar refractivity (Wildman–Crippen MR) is 111 cm³/mol. The van der Waals surface area contributed by atoms with Gasteiger partial charge in [-0.1, -0.05) is 0 Å². The Bertz CT molecular complexity index is 1100. The molecular weight excluding hydrogens is 370 g/mol. The summed E-state index contributed by atoms with van der Waals surface area (Å²) in [5.41, 5.74) is 0.778. The second-order valence-corrected chi connectivity index (χ2v) is 7.23. The molecule has 0 atom stereocenters. The lowest BCUT2D eigenvalue weighted by atomic mass is 10.1. The maximum absolute atomic E-state index is 12.7. The number of hydrogen-bond acceptors (Lipinski definition) is 7. The third-order valence-corrected chi connectivity index (χ3v) is 5.18. The van der Waals surface area contributed by atoms with Crippen LogP contribution >= 0.6 is 0 Å². The van der Waals surface area contributed by atoms with Crippen LogP contribution in [0.3, 0.4) is 0 Å². The summed E-state index contributed by atoms with van der Waals surface area (Å²) in [5, 5.41) is 0.360. The van der Waals surface area contributed by atoms with Crippen molar-refractivity contribution in [2.45, 2.75) is 13.0 Å². The Morgan fingerprint density at radius 2 is 2.03 bits per heavy atom. The number of aromatic nitrogens is 3. The van der Waals surface area contributed by atoms with Crippen LogP contribution < -0.4 is 10.3 Å². The Labute approximate surface area is 168 Å². The standard InChI is InChI=1S/C21H23N5O3/c1-4-29-21(28)17-13-26(20-16(19(17)27)6-5-9-22-20)14-7-8-18(23-10-14)25-11-15(12-25)24(2)3/h5-10,13,15H,4,11-12H2,1-3H3. The maximum Gasteiger partial charge on any atom is 0.343 e. The molecule has 4 heterocycles. The van der Waals surface area contributed by atoms with Gasteiger partial charge in [0.2, 0.25) is 5.43 Å². The average Bonchev–Trinajstić information content (AvgIpc) is 2.68. The number of rotatable bonds is 5. The van der Waals surface area contributed by atoms with Gasteiger partial charge >= 0.3 is 5.97 Å². The van der Waals surface area contributed by atoms with Crippen LogP contribution in [0.4, 0.5) is 5.82 Å². The summed E-state index contributed by atoms with van der Waals surface area (Å²) in [6, 6.07) is 7.73. The normalized spacial score (nSPS) is 14.3. The van der Waals surface area contributed by atoms with Crippen molar-refractivity contribution in [3.8, 4) is 5.69 Å². The molecule has 0 saturated carbocycles. The summed E-state index contributed by atoms with van der Waals surface area (Å²) >= 11 is 0. The third kappa shape index (κ3) is 3.47. The summed E-state index contributed by atoms with van der Waals surface area (Å²) in [7, 11) is 4.15. The van der Waals surface area contributed by atoms with E-state index in [9.17, 15) is 9.59 Å². The molecule has 1 fully saturated rings. The van der Waals surface area contributed by atoms with Gasteiger partial charge in [-0.2, -0.15) is 0 Å². The SMILES string of the molecule is CCOC(=O)c1cn(-c2ccc(N3CC(N(C)C)C3)nc2)c2ncccc2c1=O. The van der Waals surface area contributed by atoms with E-state index in [4.69, 9.17) is 4.74 Å². The maximum atomic E-state index is 12.7. The highest BCUT2D eigenvalue weighted by molar-refractivity contribution is 5.93. The van der Waals surface area contributed by atoms with E-state index in [1.807, 2.05) is 12.1 Å². The number of ether oxygens (including phenoxy) is 1. The van der Waals surface area contributed by atoms with Crippen LogP contribution in [0.25, 0.3) is 16.7 Å². The van der Waals surface area contributed by atoms with Gasteiger partial charge in [-0.05, 0) is 45.3 Å². The van der Waals surface area contributed by atoms with Crippen molar-refractivity contribution >= 4 is 22.8 Å². The molecule has 8 heteroatoms. The molecule has 3 aromatic heterocycles. The van der Waals surface area contributed by atoms with E-state index in [0.717, 1.165) is 18.9 Å². The summed E-state index contributed by atoms with van der Waals surface area (Å²) in [6.07, 6.45) is 4.83. The molecular formula is C21H23N5O3. The van der Waals surface area contributed by atoms with Crippen molar-refractivity contribution in [2.75, 3.05) is 38.7 Å². The number of carbonyl (C=O) groups excluding carboxylic acids is 1. The number of fused-ring (bicyclic) bond motifs is 1. The fourth-order valence-electron chi connectivity index (χ4n) is 3.39. The van der Waals surface area contributed by atoms with Crippen LogP contribution in [0.5, 0.6) is 0 Å². The molecule has 0 N–H and O–H groups in total. The molecule has 0 spiro atoms. The van der Waals surface area contributed by atoms with Crippen molar-refractivity contribution < 1.29 is 9.53 Å². The first-order valence-corrected chi connectivity index (χ1v) is 9.55. The molecule has 8 nitrogen and oxygen atoms in total. The fourth-order valence-corrected chi connectivity index (χ4v) is 3.39. The molecule has 0 radical (unpaired) electrons. The summed E-state index contributed by atoms with van der Waals surface area (Å²) in [6.45, 7) is 3.78. The second kappa shape index (κ2) is 7.63. The quantitative estimate of drug-likeness (QED) is 0.611. The highest BCUT2D eigenvalue weighted by Crippen LogP contribution is 2.22. The molecule has 0 bridgehead atoms. The highest BCUT2D eigenvalue weighted by atomic mass is 16.5. The van der Waals surface area contributed by atoms with E-state index in [2.05, 4.69) is 33.9 Å². The Morgan fingerprint density at radius 1 is 1.24 bits per heavy atom. The average molecular weight is 393 g/mol. The minimum absolute atomic E-state index is 0.0204. The van der Waals surface area contributed by atoms with Crippen molar-refractivity contribution in [1.29, 1.82) is 0 Å². The highest BCUT2D eigenvalue weighted by Gasteiger charge is 2.29. The zero-order valence-corrected chi connectivity index (χ0v) is 16.7. The van der Waals surface area contributed by atoms with Crippen LogP contribution in [0.2, 0.25) is 0 Å². The Hall–Kier alpha value is -3.26. The minimum atomic E-state index is -0.642. The Morgan fingerprint density at radius 3 is 2.69 bits per heavy atom. The molecule has 1 saturated heterocycles. The van der Waals surface area contributed by atoms with Crippen molar-refractivity contribution in [1.82, 2.24) is 19.4 Å². The van der Waals surface area contributed by atoms with Gasteiger partial charge in [-0.3, -0.25) is 9.36 Å². The van der Waals surface area contributed by atoms with Gasteiger partial charge in [0.05, 0.1) is 23.9 Å². The first-order chi connectivity index (χ1) is 14.0. The number of hydrogen-bond donors (Lipinski definition) is 0. The van der Waals surface area contributed by atoms with Gasteiger partial charge in [-0.15, -0.1) is 0 Å². The summed E-state index contributed by atoms with van der Waals surface area (Å²) in [5.74, 6) is 0.257. The molecule has 1 aliphatic rings. The number of nitrogens with zero attached hydrogens (tertiary/aromatic N) is 5. The zero-order valence-electron chi connectivity index (χ0n) is 16.7. The number of esters is 1.